The SMILES string of the molecule is O=C(CCC1CN(S(=O)(=O)c2cccc(C(F)(F)F)c2)c2cc(C=Cc3c(Cl)cccc3C(F)(F)F)ccc2O1)N1CCOCC1. The average molecular weight is 689 g/mol. The van der Waals surface area contributed by atoms with Crippen LogP contribution in [0, 0.1) is 0 Å². The fraction of sp³-hybridized carbons (Fsp3) is 0.323. The molecular weight excluding hydrogens is 662 g/mol. The van der Waals surface area contributed by atoms with Gasteiger partial charge in [-0.15, -0.1) is 0 Å². The van der Waals surface area contributed by atoms with Crippen LogP contribution in [0.2, 0.25) is 5.02 Å². The van der Waals surface area contributed by atoms with E-state index >= 15 is 0 Å². The number of alkyl halides is 6. The molecule has 0 aromatic heterocycles. The van der Waals surface area contributed by atoms with Crippen molar-refractivity contribution in [3.05, 3.63) is 87.9 Å². The van der Waals surface area contributed by atoms with Gasteiger partial charge < -0.3 is 14.4 Å². The molecule has 46 heavy (non-hydrogen) atoms. The molecule has 1 unspecified atom stereocenters. The van der Waals surface area contributed by atoms with Crippen molar-refractivity contribution in [2.75, 3.05) is 37.2 Å². The van der Waals surface area contributed by atoms with Gasteiger partial charge in [0.15, 0.2) is 0 Å². The van der Waals surface area contributed by atoms with Crippen LogP contribution in [0.3, 0.4) is 0 Å². The molecule has 1 atom stereocenters. The molecule has 0 spiro atoms. The van der Waals surface area contributed by atoms with Gasteiger partial charge in [0.1, 0.15) is 11.9 Å². The summed E-state index contributed by atoms with van der Waals surface area (Å²) in [5, 5.41) is -0.157. The molecule has 1 fully saturated rings. The van der Waals surface area contributed by atoms with E-state index in [-0.39, 0.29) is 52.9 Å². The summed E-state index contributed by atoms with van der Waals surface area (Å²) < 4.78 is 121. The summed E-state index contributed by atoms with van der Waals surface area (Å²) in [5.74, 6) is -0.111. The lowest BCUT2D eigenvalue weighted by Gasteiger charge is -2.36. The number of halogens is 7. The second kappa shape index (κ2) is 13.2. The summed E-state index contributed by atoms with van der Waals surface area (Å²) in [4.78, 5) is 13.8. The second-order valence-electron chi connectivity index (χ2n) is 10.6. The largest absolute Gasteiger partial charge is 0.486 e. The van der Waals surface area contributed by atoms with Crippen molar-refractivity contribution in [1.82, 2.24) is 4.90 Å². The zero-order valence-electron chi connectivity index (χ0n) is 23.9. The number of amides is 1. The van der Waals surface area contributed by atoms with E-state index in [0.717, 1.165) is 34.6 Å². The molecule has 0 aliphatic carbocycles. The summed E-state index contributed by atoms with van der Waals surface area (Å²) in [5.41, 5.74) is -2.21. The highest BCUT2D eigenvalue weighted by Gasteiger charge is 2.38. The van der Waals surface area contributed by atoms with E-state index in [1.807, 2.05) is 0 Å². The number of sulfonamides is 1. The number of hydrogen-bond acceptors (Lipinski definition) is 5. The first-order valence-electron chi connectivity index (χ1n) is 14.0. The molecule has 1 saturated heterocycles. The van der Waals surface area contributed by atoms with Gasteiger partial charge in [-0.3, -0.25) is 9.10 Å². The van der Waals surface area contributed by atoms with E-state index in [1.54, 1.807) is 4.90 Å². The van der Waals surface area contributed by atoms with Crippen LogP contribution in [0.4, 0.5) is 32.0 Å². The maximum absolute atomic E-state index is 13.9. The minimum Gasteiger partial charge on any atom is -0.486 e. The highest BCUT2D eigenvalue weighted by atomic mass is 35.5. The molecule has 1 amide bonds. The highest BCUT2D eigenvalue weighted by molar-refractivity contribution is 7.92. The van der Waals surface area contributed by atoms with Crippen LogP contribution in [0.25, 0.3) is 12.2 Å². The normalized spacial score (nSPS) is 17.6. The molecule has 5 rings (SSSR count). The smallest absolute Gasteiger partial charge is 0.417 e. The van der Waals surface area contributed by atoms with E-state index < -0.39 is 44.5 Å². The zero-order chi connectivity index (χ0) is 33.3. The van der Waals surface area contributed by atoms with Crippen molar-refractivity contribution in [3.63, 3.8) is 0 Å². The number of fused-ring (bicyclic) bond motifs is 1. The third kappa shape index (κ3) is 7.45. The number of hydrogen-bond donors (Lipinski definition) is 0. The van der Waals surface area contributed by atoms with Gasteiger partial charge in [-0.05, 0) is 54.4 Å². The van der Waals surface area contributed by atoms with Gasteiger partial charge in [0, 0.05) is 30.1 Å². The first kappa shape index (κ1) is 33.6. The predicted molar refractivity (Wildman–Crippen MR) is 159 cm³/mol. The molecule has 0 N–H and O–H groups in total. The summed E-state index contributed by atoms with van der Waals surface area (Å²) in [6.07, 6.45) is -7.75. The lowest BCUT2D eigenvalue weighted by atomic mass is 10.0. The Balaban J connectivity index is 1.50. The van der Waals surface area contributed by atoms with E-state index in [4.69, 9.17) is 21.1 Å². The molecular formula is C31H27ClF6N2O5S. The van der Waals surface area contributed by atoms with Gasteiger partial charge in [-0.25, -0.2) is 8.42 Å². The van der Waals surface area contributed by atoms with E-state index in [0.29, 0.717) is 32.4 Å². The van der Waals surface area contributed by atoms with Crippen LogP contribution in [-0.4, -0.2) is 58.2 Å². The molecule has 2 aliphatic heterocycles. The molecule has 0 bridgehead atoms. The van der Waals surface area contributed by atoms with Gasteiger partial charge in [0.05, 0.1) is 41.5 Å². The Hall–Kier alpha value is -3.75. The van der Waals surface area contributed by atoms with Crippen LogP contribution >= 0.6 is 11.6 Å². The molecule has 0 radical (unpaired) electrons. The second-order valence-corrected chi connectivity index (χ2v) is 12.9. The van der Waals surface area contributed by atoms with Gasteiger partial charge in [-0.2, -0.15) is 26.3 Å². The Morgan fingerprint density at radius 1 is 0.935 bits per heavy atom. The average Bonchev–Trinajstić information content (AvgIpc) is 3.02. The number of morpholine rings is 1. The van der Waals surface area contributed by atoms with Crippen molar-refractivity contribution in [2.24, 2.45) is 0 Å². The topological polar surface area (TPSA) is 76.2 Å². The van der Waals surface area contributed by atoms with Gasteiger partial charge in [0.2, 0.25) is 5.91 Å². The molecule has 3 aromatic rings. The first-order valence-corrected chi connectivity index (χ1v) is 15.9. The molecule has 246 valence electrons. The number of carbonyl (C=O) groups is 1. The van der Waals surface area contributed by atoms with E-state index in [2.05, 4.69) is 0 Å². The molecule has 3 aromatic carbocycles. The fourth-order valence-electron chi connectivity index (χ4n) is 5.16. The van der Waals surface area contributed by atoms with Crippen LogP contribution in [-0.2, 0) is 31.9 Å². The minimum atomic E-state index is -4.80. The predicted octanol–water partition coefficient (Wildman–Crippen LogP) is 7.14. The number of anilines is 1. The van der Waals surface area contributed by atoms with Gasteiger partial charge in [-0.1, -0.05) is 42.0 Å². The highest BCUT2D eigenvalue weighted by Crippen LogP contribution is 2.41. The Kier molecular flexibility index (Phi) is 9.62. The number of rotatable bonds is 7. The van der Waals surface area contributed by atoms with Gasteiger partial charge >= 0.3 is 12.4 Å². The Labute approximate surface area is 266 Å². The third-order valence-electron chi connectivity index (χ3n) is 7.51. The quantitative estimate of drug-likeness (QED) is 0.195. The van der Waals surface area contributed by atoms with Crippen molar-refractivity contribution >= 4 is 45.4 Å². The number of nitrogens with zero attached hydrogens (tertiary/aromatic N) is 2. The standard InChI is InChI=1S/C31H27ClF6N2O5S/c32-26-6-2-5-25(31(36,37)38)24(26)10-7-20-8-11-28-27(17-20)40(46(42,43)23-4-1-3-21(18-23)30(33,34)35)19-22(45-28)9-12-29(41)39-13-15-44-16-14-39/h1-8,10-11,17-18,22H,9,12-16,19H2. The van der Waals surface area contributed by atoms with E-state index in [9.17, 15) is 39.6 Å². The molecule has 7 nitrogen and oxygen atoms in total. The Morgan fingerprint density at radius 3 is 2.35 bits per heavy atom. The summed E-state index contributed by atoms with van der Waals surface area (Å²) >= 11 is 6.06. The number of benzene rings is 3. The fourth-order valence-corrected chi connectivity index (χ4v) is 6.94. The molecule has 15 heteroatoms. The zero-order valence-corrected chi connectivity index (χ0v) is 25.5. The Morgan fingerprint density at radius 2 is 1.65 bits per heavy atom. The van der Waals surface area contributed by atoms with Crippen molar-refractivity contribution in [1.29, 1.82) is 0 Å². The summed E-state index contributed by atoms with van der Waals surface area (Å²) in [6.45, 7) is 1.29. The monoisotopic (exact) mass is 688 g/mol. The van der Waals surface area contributed by atoms with Gasteiger partial charge in [0.25, 0.3) is 10.0 Å². The summed E-state index contributed by atoms with van der Waals surface area (Å²) in [7, 11) is -4.62. The van der Waals surface area contributed by atoms with Crippen LogP contribution in [0.15, 0.2) is 65.6 Å². The lowest BCUT2D eigenvalue weighted by molar-refractivity contribution is -0.138. The van der Waals surface area contributed by atoms with Crippen LogP contribution < -0.4 is 9.04 Å². The number of carbonyl (C=O) groups excluding carboxylic acids is 1. The van der Waals surface area contributed by atoms with Crippen LogP contribution in [0.5, 0.6) is 5.75 Å². The lowest BCUT2D eigenvalue weighted by Crippen LogP contribution is -2.45. The van der Waals surface area contributed by atoms with Crippen molar-refractivity contribution in [2.45, 2.75) is 36.2 Å². The molecule has 2 aliphatic rings. The van der Waals surface area contributed by atoms with Crippen molar-refractivity contribution in [3.8, 4) is 5.75 Å². The maximum Gasteiger partial charge on any atom is 0.417 e. The Bertz CT molecular complexity index is 1740. The van der Waals surface area contributed by atoms with Crippen LogP contribution in [0.1, 0.15) is 35.1 Å². The summed E-state index contributed by atoms with van der Waals surface area (Å²) in [6, 6.07) is 10.9. The third-order valence-corrected chi connectivity index (χ3v) is 9.61. The molecule has 2 heterocycles. The van der Waals surface area contributed by atoms with Crippen molar-refractivity contribution < 1.29 is 49.0 Å². The number of ether oxygens (including phenoxy) is 2. The first-order chi connectivity index (χ1) is 21.6. The molecule has 0 saturated carbocycles. The van der Waals surface area contributed by atoms with E-state index in [1.165, 1.54) is 36.4 Å². The maximum atomic E-state index is 13.9. The minimum absolute atomic E-state index is 0.0254.